The van der Waals surface area contributed by atoms with E-state index in [1.165, 1.54) is 35.5 Å². The Kier molecular flexibility index (Phi) is 0.477. The van der Waals surface area contributed by atoms with E-state index in [2.05, 4.69) is 20.8 Å². The van der Waals surface area contributed by atoms with Crippen LogP contribution in [-0.4, -0.2) is 0 Å². The molecule has 0 atom stereocenters. The molecule has 0 unspecified atom stereocenters. The van der Waals surface area contributed by atoms with E-state index >= 15 is 0 Å². The van der Waals surface area contributed by atoms with Gasteiger partial charge in [-0.2, -0.15) is 0 Å². The summed E-state index contributed by atoms with van der Waals surface area (Å²) in [4.78, 5) is 0. The van der Waals surface area contributed by atoms with Gasteiger partial charge in [-0.15, -0.1) is 0 Å². The van der Waals surface area contributed by atoms with Crippen molar-refractivity contribution in [3.05, 3.63) is 0 Å². The summed E-state index contributed by atoms with van der Waals surface area (Å²) in [5.41, 5.74) is 1.87. The first-order valence-corrected chi connectivity index (χ1v) is 5.68. The van der Waals surface area contributed by atoms with Crippen molar-refractivity contribution in [2.45, 2.75) is 20.8 Å². The SMILES string of the molecule is CC(C)C12C3C4C1C1C2C3C41C. The summed E-state index contributed by atoms with van der Waals surface area (Å²) in [7, 11) is 0. The van der Waals surface area contributed by atoms with E-state index in [1.54, 1.807) is 0 Å². The van der Waals surface area contributed by atoms with Gasteiger partial charge in [0.1, 0.15) is 0 Å². The van der Waals surface area contributed by atoms with Crippen LogP contribution in [0.25, 0.3) is 0 Å². The van der Waals surface area contributed by atoms with Crippen LogP contribution in [0, 0.1) is 52.3 Å². The standard InChI is InChI=1S/C12H16/c1-4(2)12-8-5-9(12)7-10(12)6(8)11(5,7)3/h4-10H,1-3H3. The molecule has 64 valence electrons. The summed E-state index contributed by atoms with van der Waals surface area (Å²) in [5, 5.41) is 0. The van der Waals surface area contributed by atoms with Crippen molar-refractivity contribution in [2.75, 3.05) is 0 Å². The second-order valence-corrected chi connectivity index (χ2v) is 6.68. The predicted octanol–water partition coefficient (Wildman–Crippen LogP) is 2.40. The molecule has 0 aromatic carbocycles. The number of hydrogen-bond acceptors (Lipinski definition) is 0. The maximum atomic E-state index is 2.58. The molecule has 6 fully saturated rings. The Morgan fingerprint density at radius 3 is 1.58 bits per heavy atom. The second kappa shape index (κ2) is 1.01. The molecule has 0 spiro atoms. The normalized spacial score (nSPS) is 89.0. The van der Waals surface area contributed by atoms with Crippen LogP contribution in [0.1, 0.15) is 20.8 Å². The predicted molar refractivity (Wildman–Crippen MR) is 46.3 cm³/mol. The van der Waals surface area contributed by atoms with E-state index in [4.69, 9.17) is 0 Å². The molecule has 0 bridgehead atoms. The third-order valence-corrected chi connectivity index (χ3v) is 7.21. The summed E-state index contributed by atoms with van der Waals surface area (Å²) in [5.74, 6) is 8.43. The van der Waals surface area contributed by atoms with Crippen molar-refractivity contribution in [3.8, 4) is 0 Å². The van der Waals surface area contributed by atoms with Crippen LogP contribution in [0.5, 0.6) is 0 Å². The van der Waals surface area contributed by atoms with Gasteiger partial charge in [-0.1, -0.05) is 20.8 Å². The van der Waals surface area contributed by atoms with Crippen LogP contribution >= 0.6 is 0 Å². The Balaban J connectivity index is 1.70. The lowest BCUT2D eigenvalue weighted by Crippen LogP contribution is -3.09. The lowest BCUT2D eigenvalue weighted by atomic mass is 8.92. The molecule has 6 aliphatic carbocycles. The summed E-state index contributed by atoms with van der Waals surface area (Å²) in [6, 6.07) is 0. The molecule has 12 heavy (non-hydrogen) atoms. The number of rotatable bonds is 1. The highest BCUT2D eigenvalue weighted by Gasteiger charge is 3.08. The van der Waals surface area contributed by atoms with E-state index in [-0.39, 0.29) is 0 Å². The molecule has 0 heteroatoms. The van der Waals surface area contributed by atoms with E-state index in [9.17, 15) is 0 Å². The van der Waals surface area contributed by atoms with Crippen molar-refractivity contribution in [2.24, 2.45) is 52.3 Å². The minimum Gasteiger partial charge on any atom is -0.0622 e. The monoisotopic (exact) mass is 160 g/mol. The Morgan fingerprint density at radius 2 is 1.25 bits per heavy atom. The fourth-order valence-corrected chi connectivity index (χ4v) is 7.30. The van der Waals surface area contributed by atoms with Gasteiger partial charge in [-0.05, 0) is 52.3 Å². The van der Waals surface area contributed by atoms with Gasteiger partial charge >= 0.3 is 0 Å². The van der Waals surface area contributed by atoms with Crippen molar-refractivity contribution < 1.29 is 0 Å². The molecular weight excluding hydrogens is 144 g/mol. The molecule has 0 nitrogen and oxygen atoms in total. The molecule has 6 rings (SSSR count). The van der Waals surface area contributed by atoms with E-state index in [0.717, 1.165) is 16.7 Å². The Morgan fingerprint density at radius 1 is 0.833 bits per heavy atom. The zero-order valence-electron chi connectivity index (χ0n) is 8.04. The van der Waals surface area contributed by atoms with Gasteiger partial charge in [0.05, 0.1) is 0 Å². The average Bonchev–Trinajstić information content (AvgIpc) is 2.04. The van der Waals surface area contributed by atoms with Gasteiger partial charge in [0, 0.05) is 0 Å². The molecule has 0 heterocycles. The Bertz CT molecular complexity index is 271. The van der Waals surface area contributed by atoms with Crippen molar-refractivity contribution in [1.82, 2.24) is 0 Å². The van der Waals surface area contributed by atoms with Crippen molar-refractivity contribution in [3.63, 3.8) is 0 Å². The van der Waals surface area contributed by atoms with Crippen LogP contribution < -0.4 is 0 Å². The summed E-state index contributed by atoms with van der Waals surface area (Å²) >= 11 is 0. The molecule has 6 saturated carbocycles. The van der Waals surface area contributed by atoms with E-state index in [1.807, 2.05) is 0 Å². The van der Waals surface area contributed by atoms with Gasteiger partial charge in [0.15, 0.2) is 0 Å². The topological polar surface area (TPSA) is 0 Å². The second-order valence-electron chi connectivity index (χ2n) is 6.68. The van der Waals surface area contributed by atoms with Gasteiger partial charge in [0.25, 0.3) is 0 Å². The zero-order chi connectivity index (χ0) is 8.04. The first-order valence-electron chi connectivity index (χ1n) is 5.68. The highest BCUT2D eigenvalue weighted by atomic mass is 15.1. The fourth-order valence-electron chi connectivity index (χ4n) is 7.30. The van der Waals surface area contributed by atoms with Crippen LogP contribution in [0.2, 0.25) is 0 Å². The van der Waals surface area contributed by atoms with Crippen LogP contribution in [0.15, 0.2) is 0 Å². The first-order chi connectivity index (χ1) is 5.68. The molecule has 0 aromatic heterocycles. The third-order valence-electron chi connectivity index (χ3n) is 7.21. The van der Waals surface area contributed by atoms with Crippen LogP contribution in [-0.2, 0) is 0 Å². The van der Waals surface area contributed by atoms with Gasteiger partial charge in [0.2, 0.25) is 0 Å². The molecular formula is C12H16. The van der Waals surface area contributed by atoms with Gasteiger partial charge in [-0.3, -0.25) is 0 Å². The fraction of sp³-hybridized carbons (Fsp3) is 1.00. The summed E-state index contributed by atoms with van der Waals surface area (Å²) in [6.07, 6.45) is 0. The zero-order valence-corrected chi connectivity index (χ0v) is 8.04. The molecule has 0 N–H and O–H groups in total. The molecule has 6 aliphatic rings. The quantitative estimate of drug-likeness (QED) is 0.552. The third kappa shape index (κ3) is 0.186. The largest absolute Gasteiger partial charge is 0.0622 e. The number of hydrogen-bond donors (Lipinski definition) is 0. The lowest BCUT2D eigenvalue weighted by molar-refractivity contribution is -0.662. The summed E-state index contributed by atoms with van der Waals surface area (Å²) < 4.78 is 0. The maximum absolute atomic E-state index is 2.58. The first kappa shape index (κ1) is 5.67. The average molecular weight is 160 g/mol. The van der Waals surface area contributed by atoms with E-state index < -0.39 is 0 Å². The van der Waals surface area contributed by atoms with Crippen LogP contribution in [0.3, 0.4) is 0 Å². The molecule has 0 aromatic rings. The van der Waals surface area contributed by atoms with Crippen molar-refractivity contribution >= 4 is 0 Å². The minimum absolute atomic E-state index is 0.927. The molecule has 0 amide bonds. The molecule has 0 aliphatic heterocycles. The highest BCUT2D eigenvalue weighted by molar-refractivity contribution is 5.54. The van der Waals surface area contributed by atoms with Gasteiger partial charge in [-0.25, -0.2) is 0 Å². The van der Waals surface area contributed by atoms with Gasteiger partial charge < -0.3 is 0 Å². The highest BCUT2D eigenvalue weighted by Crippen LogP contribution is 3.11. The minimum atomic E-state index is 0.927. The molecule has 0 saturated heterocycles. The van der Waals surface area contributed by atoms with E-state index in [0.29, 0.717) is 0 Å². The lowest BCUT2D eigenvalue weighted by Gasteiger charge is -3.12. The van der Waals surface area contributed by atoms with Crippen LogP contribution in [0.4, 0.5) is 0 Å². The summed E-state index contributed by atoms with van der Waals surface area (Å²) in [6.45, 7) is 7.53. The van der Waals surface area contributed by atoms with Crippen molar-refractivity contribution in [1.29, 1.82) is 0 Å². The Hall–Kier alpha value is 0. The molecule has 0 radical (unpaired) electrons. The Labute approximate surface area is 73.7 Å². The maximum Gasteiger partial charge on any atom is -0.0172 e. The smallest absolute Gasteiger partial charge is 0.0172 e.